The maximum Gasteiger partial charge on any atom is 0.257 e. The Morgan fingerprint density at radius 2 is 2.00 bits per heavy atom. The number of benzene rings is 1. The second-order valence-corrected chi connectivity index (χ2v) is 9.18. The normalized spacial score (nSPS) is 20.4. The van der Waals surface area contributed by atoms with Gasteiger partial charge in [-0.25, -0.2) is 8.78 Å². The number of aliphatic hydroxyl groups is 2. The molecule has 2 unspecified atom stereocenters. The summed E-state index contributed by atoms with van der Waals surface area (Å²) in [5.41, 5.74) is -1.48. The van der Waals surface area contributed by atoms with Crippen molar-refractivity contribution in [2.45, 2.75) is 43.7 Å². The molecule has 1 aliphatic heterocycles. The lowest BCUT2D eigenvalue weighted by Crippen LogP contribution is -2.32. The second kappa shape index (κ2) is 7.93. The predicted octanol–water partition coefficient (Wildman–Crippen LogP) is 2.55. The summed E-state index contributed by atoms with van der Waals surface area (Å²) >= 11 is 0. The van der Waals surface area contributed by atoms with Crippen LogP contribution in [0, 0.1) is 11.6 Å². The molecule has 3 aromatic rings. The summed E-state index contributed by atoms with van der Waals surface area (Å²) in [7, 11) is 1.70. The molecule has 0 saturated heterocycles. The van der Waals surface area contributed by atoms with Gasteiger partial charge in [-0.1, -0.05) is 0 Å². The molecule has 8 nitrogen and oxygen atoms in total. The first-order valence-corrected chi connectivity index (χ1v) is 10.9. The van der Waals surface area contributed by atoms with E-state index in [1.165, 1.54) is 47.0 Å². The Morgan fingerprint density at radius 3 is 2.62 bits per heavy atom. The van der Waals surface area contributed by atoms with Crippen LogP contribution in [-0.4, -0.2) is 48.0 Å². The number of hydrogen-bond acceptors (Lipinski definition) is 6. The fourth-order valence-electron chi connectivity index (χ4n) is 4.11. The molecular weight excluding hydrogens is 446 g/mol. The lowest BCUT2D eigenvalue weighted by Gasteiger charge is -2.26. The number of amides is 1. The fourth-order valence-corrected chi connectivity index (χ4v) is 4.11. The van der Waals surface area contributed by atoms with Gasteiger partial charge in [-0.2, -0.15) is 5.10 Å². The molecule has 1 fully saturated rings. The lowest BCUT2D eigenvalue weighted by atomic mass is 9.88. The van der Waals surface area contributed by atoms with Crippen LogP contribution in [0.5, 0.6) is 0 Å². The van der Waals surface area contributed by atoms with E-state index >= 15 is 4.39 Å². The van der Waals surface area contributed by atoms with Gasteiger partial charge in [0, 0.05) is 24.4 Å². The van der Waals surface area contributed by atoms with Gasteiger partial charge in [0.15, 0.2) is 6.23 Å². The zero-order valence-electron chi connectivity index (χ0n) is 18.7. The van der Waals surface area contributed by atoms with E-state index in [0.29, 0.717) is 24.1 Å². The molecule has 1 aliphatic carbocycles. The van der Waals surface area contributed by atoms with Crippen LogP contribution in [0.15, 0.2) is 42.9 Å². The van der Waals surface area contributed by atoms with Crippen LogP contribution in [0.1, 0.15) is 58.7 Å². The van der Waals surface area contributed by atoms with E-state index in [0.717, 1.165) is 6.20 Å². The van der Waals surface area contributed by atoms with Crippen molar-refractivity contribution in [1.29, 1.82) is 0 Å². The van der Waals surface area contributed by atoms with Crippen molar-refractivity contribution in [3.63, 3.8) is 0 Å². The van der Waals surface area contributed by atoms with Crippen molar-refractivity contribution in [3.05, 3.63) is 82.4 Å². The van der Waals surface area contributed by atoms with Gasteiger partial charge in [-0.15, -0.1) is 0 Å². The molecule has 1 saturated carbocycles. The van der Waals surface area contributed by atoms with Gasteiger partial charge < -0.3 is 19.8 Å². The minimum atomic E-state index is -1.60. The molecule has 1 amide bonds. The number of nitrogens with zero attached hydrogens (tertiary/aromatic N) is 4. The standard InChI is InChI=1S/C24H24F2N4O4/c1-23(32,15-9-28-29(2)11-15)14-7-18-20(19(26)8-14)22(34-13-24(33)5-6-24)30(21(18)31)12-17-4-3-16(25)10-27-17/h3-4,7-11,22,32-33H,5-6,12-13H2,1-2H3. The molecule has 0 spiro atoms. The molecule has 178 valence electrons. The van der Waals surface area contributed by atoms with Crippen LogP contribution < -0.4 is 0 Å². The first kappa shape index (κ1) is 22.6. The van der Waals surface area contributed by atoms with E-state index in [4.69, 9.17) is 4.74 Å². The average Bonchev–Trinajstić information content (AvgIpc) is 3.25. The first-order chi connectivity index (χ1) is 16.1. The highest BCUT2D eigenvalue weighted by Crippen LogP contribution is 2.43. The fraction of sp³-hybridized carbons (Fsp3) is 0.375. The second-order valence-electron chi connectivity index (χ2n) is 9.18. The highest BCUT2D eigenvalue weighted by molar-refractivity contribution is 5.99. The van der Waals surface area contributed by atoms with Crippen LogP contribution in [0.25, 0.3) is 0 Å². The summed E-state index contributed by atoms with van der Waals surface area (Å²) in [5, 5.41) is 25.5. The zero-order valence-corrected chi connectivity index (χ0v) is 18.7. The Morgan fingerprint density at radius 1 is 1.24 bits per heavy atom. The van der Waals surface area contributed by atoms with Crippen LogP contribution >= 0.6 is 0 Å². The van der Waals surface area contributed by atoms with Gasteiger partial charge in [0.25, 0.3) is 5.91 Å². The number of aryl methyl sites for hydroxylation is 1. The van der Waals surface area contributed by atoms with Gasteiger partial charge in [0.05, 0.1) is 42.4 Å². The first-order valence-electron chi connectivity index (χ1n) is 10.9. The molecule has 2 aliphatic rings. The van der Waals surface area contributed by atoms with Crippen LogP contribution in [0.2, 0.25) is 0 Å². The number of carbonyl (C=O) groups is 1. The van der Waals surface area contributed by atoms with Crippen molar-refractivity contribution >= 4 is 5.91 Å². The monoisotopic (exact) mass is 470 g/mol. The summed E-state index contributed by atoms with van der Waals surface area (Å²) in [6.07, 6.45) is 4.15. The Labute approximate surface area is 194 Å². The number of aromatic nitrogens is 3. The number of carbonyl (C=O) groups excluding carboxylic acids is 1. The Hall–Kier alpha value is -3.21. The maximum atomic E-state index is 15.5. The molecular formula is C24H24F2N4O4. The smallest absolute Gasteiger partial charge is 0.257 e. The number of halogens is 2. The van der Waals surface area contributed by atoms with Crippen LogP contribution in [0.3, 0.4) is 0 Å². The van der Waals surface area contributed by atoms with Gasteiger partial charge in [-0.05, 0) is 49.6 Å². The summed E-state index contributed by atoms with van der Waals surface area (Å²) < 4.78 is 36.2. The highest BCUT2D eigenvalue weighted by atomic mass is 19.1. The van der Waals surface area contributed by atoms with E-state index in [2.05, 4.69) is 10.1 Å². The number of rotatable bonds is 7. The number of fused-ring (bicyclic) bond motifs is 1. The summed E-state index contributed by atoms with van der Waals surface area (Å²) in [6.45, 7) is 1.39. The van der Waals surface area contributed by atoms with Gasteiger partial charge in [-0.3, -0.25) is 14.5 Å². The van der Waals surface area contributed by atoms with Gasteiger partial charge in [0.2, 0.25) is 0 Å². The van der Waals surface area contributed by atoms with Crippen molar-refractivity contribution < 1.29 is 28.5 Å². The minimum Gasteiger partial charge on any atom is -0.387 e. The van der Waals surface area contributed by atoms with E-state index in [1.807, 2.05) is 0 Å². The SMILES string of the molecule is Cn1cc(C(C)(O)c2cc(F)c3c(c2)C(=O)N(Cc2ccc(F)cn2)C3OCC2(O)CC2)cn1. The molecule has 2 atom stereocenters. The molecule has 1 aromatic carbocycles. The van der Waals surface area contributed by atoms with Crippen molar-refractivity contribution in [2.24, 2.45) is 7.05 Å². The van der Waals surface area contributed by atoms with Crippen molar-refractivity contribution in [3.8, 4) is 0 Å². The summed E-state index contributed by atoms with van der Waals surface area (Å²) in [5.74, 6) is -1.75. The molecule has 10 heteroatoms. The van der Waals surface area contributed by atoms with E-state index in [1.54, 1.807) is 13.2 Å². The van der Waals surface area contributed by atoms with E-state index in [-0.39, 0.29) is 29.8 Å². The van der Waals surface area contributed by atoms with E-state index in [9.17, 15) is 19.4 Å². The predicted molar refractivity (Wildman–Crippen MR) is 115 cm³/mol. The van der Waals surface area contributed by atoms with Crippen LogP contribution in [0.4, 0.5) is 8.78 Å². The molecule has 5 rings (SSSR count). The highest BCUT2D eigenvalue weighted by Gasteiger charge is 2.46. The lowest BCUT2D eigenvalue weighted by molar-refractivity contribution is -0.0814. The number of ether oxygens (including phenoxy) is 1. The van der Waals surface area contributed by atoms with Gasteiger partial charge >= 0.3 is 0 Å². The molecule has 3 heterocycles. The Kier molecular flexibility index (Phi) is 5.27. The van der Waals surface area contributed by atoms with E-state index < -0.39 is 35.0 Å². The van der Waals surface area contributed by atoms with Crippen LogP contribution in [-0.2, 0) is 23.9 Å². The summed E-state index contributed by atoms with van der Waals surface area (Å²) in [6, 6.07) is 5.30. The third-order valence-electron chi connectivity index (χ3n) is 6.44. The molecule has 0 bridgehead atoms. The van der Waals surface area contributed by atoms with Crippen molar-refractivity contribution in [1.82, 2.24) is 19.7 Å². The minimum absolute atomic E-state index is 0.0297. The quantitative estimate of drug-likeness (QED) is 0.551. The zero-order chi connectivity index (χ0) is 24.3. The Balaban J connectivity index is 1.53. The molecule has 2 aromatic heterocycles. The van der Waals surface area contributed by atoms with Crippen molar-refractivity contribution in [2.75, 3.05) is 6.61 Å². The maximum absolute atomic E-state index is 15.5. The van der Waals surface area contributed by atoms with Gasteiger partial charge in [0.1, 0.15) is 17.2 Å². The molecule has 34 heavy (non-hydrogen) atoms. The largest absolute Gasteiger partial charge is 0.387 e. The number of hydrogen-bond donors (Lipinski definition) is 2. The average molecular weight is 470 g/mol. The molecule has 0 radical (unpaired) electrons. The molecule has 2 N–H and O–H groups in total. The topological polar surface area (TPSA) is 101 Å². The number of pyridine rings is 1. The third kappa shape index (κ3) is 3.97. The third-order valence-corrected chi connectivity index (χ3v) is 6.44. The Bertz CT molecular complexity index is 1250. The summed E-state index contributed by atoms with van der Waals surface area (Å²) in [4.78, 5) is 18.7.